The van der Waals surface area contributed by atoms with Gasteiger partial charge in [-0.15, -0.1) is 11.3 Å². The van der Waals surface area contributed by atoms with Crippen LogP contribution in [0.25, 0.3) is 21.3 Å². The molecule has 0 aliphatic heterocycles. The average molecular weight is 428 g/mol. The van der Waals surface area contributed by atoms with Crippen molar-refractivity contribution in [1.29, 1.82) is 0 Å². The maximum atomic E-state index is 12.6. The summed E-state index contributed by atoms with van der Waals surface area (Å²) in [5.41, 5.74) is 7.61. The van der Waals surface area contributed by atoms with E-state index in [1.807, 2.05) is 11.6 Å². The highest BCUT2D eigenvalue weighted by molar-refractivity contribution is 14.1. The van der Waals surface area contributed by atoms with E-state index in [1.54, 1.807) is 36.9 Å². The predicted molar refractivity (Wildman–Crippen MR) is 97.6 cm³/mol. The number of aliphatic imine (C=N–C) groups is 1. The fraction of sp³-hybridized carbons (Fsp3) is 0.231. The maximum absolute atomic E-state index is 12.6. The first-order valence-electron chi connectivity index (χ1n) is 6.40. The van der Waals surface area contributed by atoms with Crippen molar-refractivity contribution in [3.8, 4) is 0 Å². The fourth-order valence-electron chi connectivity index (χ4n) is 2.27. The van der Waals surface area contributed by atoms with Crippen molar-refractivity contribution in [2.24, 2.45) is 17.8 Å². The molecule has 3 heterocycles. The van der Waals surface area contributed by atoms with E-state index >= 15 is 0 Å². The van der Waals surface area contributed by atoms with Crippen LogP contribution in [0.5, 0.6) is 0 Å². The summed E-state index contributed by atoms with van der Waals surface area (Å²) in [6.07, 6.45) is 4.95. The monoisotopic (exact) mass is 428 g/mol. The van der Waals surface area contributed by atoms with E-state index in [-0.39, 0.29) is 12.1 Å². The van der Waals surface area contributed by atoms with E-state index in [9.17, 15) is 4.79 Å². The molecule has 0 radical (unpaired) electrons. The number of aromatic nitrogens is 4. The Kier molecular flexibility index (Phi) is 4.00. The average Bonchev–Trinajstić information content (AvgIpc) is 2.98. The summed E-state index contributed by atoms with van der Waals surface area (Å²) in [4.78, 5) is 20.9. The highest BCUT2D eigenvalue weighted by Crippen LogP contribution is 2.31. The van der Waals surface area contributed by atoms with Crippen molar-refractivity contribution in [2.45, 2.75) is 6.54 Å². The molecular weight excluding hydrogens is 415 g/mol. The first kappa shape index (κ1) is 15.2. The third-order valence-corrected chi connectivity index (χ3v) is 5.04. The molecule has 0 amide bonds. The Morgan fingerprint density at radius 2 is 2.36 bits per heavy atom. The lowest BCUT2D eigenvalue weighted by Gasteiger charge is -2.05. The van der Waals surface area contributed by atoms with Crippen LogP contribution in [0.1, 0.15) is 0 Å². The molecule has 7 nitrogen and oxygen atoms in total. The van der Waals surface area contributed by atoms with E-state index in [0.717, 1.165) is 18.7 Å². The van der Waals surface area contributed by atoms with E-state index in [1.165, 1.54) is 4.68 Å². The van der Waals surface area contributed by atoms with E-state index < -0.39 is 0 Å². The number of halogens is 1. The van der Waals surface area contributed by atoms with Crippen molar-refractivity contribution >= 4 is 61.4 Å². The first-order chi connectivity index (χ1) is 10.5. The van der Waals surface area contributed by atoms with E-state index in [4.69, 9.17) is 5.73 Å². The van der Waals surface area contributed by atoms with Gasteiger partial charge in [0.05, 0.1) is 17.4 Å². The lowest BCUT2D eigenvalue weighted by atomic mass is 10.3. The highest BCUT2D eigenvalue weighted by Gasteiger charge is 2.17. The topological polar surface area (TPSA) is 91.1 Å². The lowest BCUT2D eigenvalue weighted by Crippen LogP contribution is -2.26. The largest absolute Gasteiger partial charge is 0.400 e. The third-order valence-electron chi connectivity index (χ3n) is 3.27. The number of hydrogen-bond acceptors (Lipinski definition) is 6. The molecular formula is C13H13IN6OS. The Hall–Kier alpha value is -1.75. The lowest BCUT2D eigenvalue weighted by molar-refractivity contribution is 0.632. The number of hydrogen-bond donors (Lipinski definition) is 1. The molecule has 0 bridgehead atoms. The molecule has 0 aliphatic rings. The summed E-state index contributed by atoms with van der Waals surface area (Å²) in [6.45, 7) is 0.227. The Morgan fingerprint density at radius 3 is 3.09 bits per heavy atom. The number of nitrogens with zero attached hydrogens (tertiary/aromatic N) is 5. The second-order valence-corrected chi connectivity index (χ2v) is 7.45. The Morgan fingerprint density at radius 1 is 1.59 bits per heavy atom. The van der Waals surface area contributed by atoms with Gasteiger partial charge >= 0.3 is 0 Å². The van der Waals surface area contributed by atoms with Crippen LogP contribution in [-0.2, 0) is 13.6 Å². The van der Waals surface area contributed by atoms with Gasteiger partial charge in [0.15, 0.2) is 8.66 Å². The van der Waals surface area contributed by atoms with Crippen LogP contribution in [0, 0.1) is 3.01 Å². The van der Waals surface area contributed by atoms with Gasteiger partial charge in [0.1, 0.15) is 5.52 Å². The molecule has 0 unspecified atom stereocenters. The molecule has 0 saturated carbocycles. The van der Waals surface area contributed by atoms with Crippen LogP contribution >= 0.6 is 33.9 Å². The molecule has 22 heavy (non-hydrogen) atoms. The van der Waals surface area contributed by atoms with Crippen LogP contribution in [0.4, 0.5) is 0 Å². The quantitative estimate of drug-likeness (QED) is 0.506. The predicted octanol–water partition coefficient (Wildman–Crippen LogP) is 1.49. The SMILES string of the molecule is CN=C/C=C(\N)Cn1ncc2c3sc(I)nc3n(C)c2c1=O. The van der Waals surface area contributed by atoms with Crippen molar-refractivity contribution in [3.63, 3.8) is 0 Å². The summed E-state index contributed by atoms with van der Waals surface area (Å²) in [6, 6.07) is 0. The van der Waals surface area contributed by atoms with Gasteiger partial charge in [0.2, 0.25) is 0 Å². The molecule has 0 aromatic carbocycles. The van der Waals surface area contributed by atoms with E-state index in [2.05, 4.69) is 37.7 Å². The summed E-state index contributed by atoms with van der Waals surface area (Å²) in [7, 11) is 3.50. The van der Waals surface area contributed by atoms with Crippen molar-refractivity contribution in [2.75, 3.05) is 7.05 Å². The number of nitrogens with two attached hydrogens (primary N) is 1. The zero-order valence-electron chi connectivity index (χ0n) is 11.9. The zero-order chi connectivity index (χ0) is 15.9. The molecule has 9 heteroatoms. The molecule has 3 rings (SSSR count). The smallest absolute Gasteiger partial charge is 0.291 e. The van der Waals surface area contributed by atoms with Crippen molar-refractivity contribution < 1.29 is 0 Å². The Bertz CT molecular complexity index is 980. The summed E-state index contributed by atoms with van der Waals surface area (Å²) in [5.74, 6) is 0. The molecule has 0 saturated heterocycles. The van der Waals surface area contributed by atoms with Crippen molar-refractivity contribution in [3.05, 3.63) is 31.3 Å². The van der Waals surface area contributed by atoms with Crippen molar-refractivity contribution in [1.82, 2.24) is 19.3 Å². The number of rotatable bonds is 3. The number of fused-ring (bicyclic) bond motifs is 3. The minimum atomic E-state index is -0.176. The first-order valence-corrected chi connectivity index (χ1v) is 8.29. The van der Waals surface area contributed by atoms with Crippen LogP contribution < -0.4 is 11.3 Å². The van der Waals surface area contributed by atoms with Gasteiger partial charge in [-0.3, -0.25) is 9.79 Å². The molecule has 3 aromatic heterocycles. The molecule has 0 aliphatic carbocycles. The van der Waals surface area contributed by atoms with Crippen LogP contribution in [0.15, 0.2) is 27.8 Å². The molecule has 114 valence electrons. The molecule has 3 aromatic rings. The standard InChI is InChI=1S/C13H13IN6OS/c1-16-4-3-7(15)6-20-12(21)9-8(5-17-20)10-11(19(9)2)18-13(14)22-10/h3-5H,6,15H2,1-2H3/b7-3-,16-4?. The van der Waals surface area contributed by atoms with Gasteiger partial charge in [-0.25, -0.2) is 9.67 Å². The third kappa shape index (κ3) is 2.43. The number of thiazole rings is 1. The van der Waals surface area contributed by atoms with Crippen LogP contribution in [-0.4, -0.2) is 32.6 Å². The Labute approximate surface area is 143 Å². The molecule has 0 spiro atoms. The molecule has 0 fully saturated rings. The highest BCUT2D eigenvalue weighted by atomic mass is 127. The van der Waals surface area contributed by atoms with E-state index in [0.29, 0.717) is 11.2 Å². The summed E-state index contributed by atoms with van der Waals surface area (Å²) in [5, 5.41) is 5.06. The van der Waals surface area contributed by atoms with Gasteiger partial charge in [-0.05, 0) is 28.7 Å². The minimum absolute atomic E-state index is 0.176. The molecule has 2 N–H and O–H groups in total. The number of aryl methyl sites for hydroxylation is 1. The molecule has 0 atom stereocenters. The zero-order valence-corrected chi connectivity index (χ0v) is 14.9. The maximum Gasteiger partial charge on any atom is 0.291 e. The van der Waals surface area contributed by atoms with Gasteiger partial charge in [0, 0.05) is 31.4 Å². The number of allylic oxidation sites excluding steroid dienone is 2. The second-order valence-electron chi connectivity index (χ2n) is 4.70. The fourth-order valence-corrected chi connectivity index (χ4v) is 4.00. The minimum Gasteiger partial charge on any atom is -0.400 e. The van der Waals surface area contributed by atoms with Crippen LogP contribution in [0.2, 0.25) is 0 Å². The van der Waals surface area contributed by atoms with Gasteiger partial charge in [-0.1, -0.05) is 0 Å². The van der Waals surface area contributed by atoms with Gasteiger partial charge in [-0.2, -0.15) is 5.10 Å². The normalized spacial score (nSPS) is 13.0. The van der Waals surface area contributed by atoms with Gasteiger partial charge < -0.3 is 10.3 Å². The second kappa shape index (κ2) is 5.80. The summed E-state index contributed by atoms with van der Waals surface area (Å²) < 4.78 is 5.10. The Balaban J connectivity index is 2.18. The van der Waals surface area contributed by atoms with Gasteiger partial charge in [0.25, 0.3) is 5.56 Å². The summed E-state index contributed by atoms with van der Waals surface area (Å²) >= 11 is 3.73. The van der Waals surface area contributed by atoms with Crippen LogP contribution in [0.3, 0.4) is 0 Å².